The van der Waals surface area contributed by atoms with Crippen LogP contribution in [0.3, 0.4) is 0 Å². The highest BCUT2D eigenvalue weighted by Crippen LogP contribution is 2.45. The number of alkyl halides is 3. The van der Waals surface area contributed by atoms with Gasteiger partial charge in [0, 0.05) is 24.4 Å². The fourth-order valence-corrected chi connectivity index (χ4v) is 5.63. The number of hydrogen-bond acceptors (Lipinski definition) is 5. The lowest BCUT2D eigenvalue weighted by Gasteiger charge is -2.31. The molecule has 0 unspecified atom stereocenters. The minimum Gasteiger partial charge on any atom is -0.481 e. The number of halogens is 3. The maximum Gasteiger partial charge on any atom is 0.416 e. The topological polar surface area (TPSA) is 95.5 Å². The van der Waals surface area contributed by atoms with Crippen LogP contribution in [0.2, 0.25) is 0 Å². The molecule has 220 valence electrons. The van der Waals surface area contributed by atoms with E-state index < -0.39 is 28.6 Å². The van der Waals surface area contributed by atoms with E-state index >= 15 is 0 Å². The second-order valence-electron chi connectivity index (χ2n) is 11.0. The third-order valence-electron chi connectivity index (χ3n) is 7.66. The van der Waals surface area contributed by atoms with Crippen molar-refractivity contribution in [1.82, 2.24) is 14.9 Å². The van der Waals surface area contributed by atoms with E-state index in [9.17, 15) is 27.9 Å². The molecule has 0 bridgehead atoms. The molecule has 41 heavy (non-hydrogen) atoms. The summed E-state index contributed by atoms with van der Waals surface area (Å²) in [6.07, 6.45) is -1.45. The molecule has 2 N–H and O–H groups in total. The van der Waals surface area contributed by atoms with E-state index in [1.165, 1.54) is 11.0 Å². The Bertz CT molecular complexity index is 1410. The Morgan fingerprint density at radius 2 is 1.83 bits per heavy atom. The van der Waals surface area contributed by atoms with Crippen LogP contribution < -0.4 is 10.3 Å². The lowest BCUT2D eigenvalue weighted by atomic mass is 9.75. The molecule has 1 aromatic heterocycles. The molecule has 0 radical (unpaired) electrons. The highest BCUT2D eigenvalue weighted by molar-refractivity contribution is 5.95. The Balaban J connectivity index is 1.78. The number of nitrogens with one attached hydrogen (secondary N) is 1. The van der Waals surface area contributed by atoms with E-state index in [4.69, 9.17) is 4.74 Å². The first-order valence-corrected chi connectivity index (χ1v) is 13.8. The number of aliphatic hydroxyl groups is 1. The van der Waals surface area contributed by atoms with Crippen LogP contribution in [0.1, 0.15) is 78.1 Å². The molecule has 7 nitrogen and oxygen atoms in total. The number of hydrogen-bond donors (Lipinski definition) is 2. The molecular weight excluding hydrogens is 535 g/mol. The molecule has 3 aromatic rings. The second kappa shape index (κ2) is 12.5. The summed E-state index contributed by atoms with van der Waals surface area (Å²) in [5.74, 6) is -0.600. The number of benzene rings is 2. The van der Waals surface area contributed by atoms with Gasteiger partial charge in [-0.2, -0.15) is 13.2 Å². The highest BCUT2D eigenvalue weighted by Gasteiger charge is 2.40. The first-order valence-electron chi connectivity index (χ1n) is 13.8. The van der Waals surface area contributed by atoms with E-state index in [-0.39, 0.29) is 49.5 Å². The van der Waals surface area contributed by atoms with Crippen molar-refractivity contribution in [1.29, 1.82) is 0 Å². The third kappa shape index (κ3) is 6.98. The summed E-state index contributed by atoms with van der Waals surface area (Å²) in [7, 11) is 0. The zero-order valence-corrected chi connectivity index (χ0v) is 23.6. The summed E-state index contributed by atoms with van der Waals surface area (Å²) in [5, 5.41) is 9.57. The first kappa shape index (κ1) is 30.3. The van der Waals surface area contributed by atoms with Gasteiger partial charge in [0.2, 0.25) is 5.75 Å². The van der Waals surface area contributed by atoms with Crippen molar-refractivity contribution in [2.45, 2.75) is 77.1 Å². The Morgan fingerprint density at radius 1 is 1.15 bits per heavy atom. The third-order valence-corrected chi connectivity index (χ3v) is 7.66. The summed E-state index contributed by atoms with van der Waals surface area (Å²) in [4.78, 5) is 35.8. The number of aryl methyl sites for hydroxylation is 1. The summed E-state index contributed by atoms with van der Waals surface area (Å²) < 4.78 is 46.9. The van der Waals surface area contributed by atoms with Crippen molar-refractivity contribution in [3.63, 3.8) is 0 Å². The average molecular weight is 572 g/mol. The fraction of sp³-hybridized carbons (Fsp3) is 0.452. The Hall–Kier alpha value is -3.66. The summed E-state index contributed by atoms with van der Waals surface area (Å²) in [6.45, 7) is 4.99. The number of aromatic amines is 1. The minimum absolute atomic E-state index is 0.0281. The number of H-pyrrole nitrogens is 1. The maximum absolute atomic E-state index is 13.7. The number of nitrogens with zero attached hydrogens (tertiary/aromatic N) is 2. The molecule has 1 aliphatic carbocycles. The van der Waals surface area contributed by atoms with E-state index in [1.54, 1.807) is 26.8 Å². The number of amides is 1. The fourth-order valence-electron chi connectivity index (χ4n) is 5.63. The van der Waals surface area contributed by atoms with Gasteiger partial charge >= 0.3 is 6.18 Å². The van der Waals surface area contributed by atoms with Crippen molar-refractivity contribution in [2.75, 3.05) is 13.2 Å². The van der Waals surface area contributed by atoms with Crippen LogP contribution in [0.4, 0.5) is 13.2 Å². The van der Waals surface area contributed by atoms with Gasteiger partial charge in [-0.15, -0.1) is 0 Å². The number of ether oxygens (including phenoxy) is 1. The van der Waals surface area contributed by atoms with E-state index in [2.05, 4.69) is 9.97 Å². The molecule has 1 amide bonds. The Labute approximate surface area is 237 Å². The molecule has 1 fully saturated rings. The smallest absolute Gasteiger partial charge is 0.416 e. The largest absolute Gasteiger partial charge is 0.481 e. The SMILES string of the molecule is Cc1cc(C(F)(F)F)cc(C2(Cc3nc(C(=O)N(CCO)C(C)C)c(OCc4ccccc4)c(=O)[nH]3)CCCC2)c1. The normalized spacial score (nSPS) is 14.8. The number of carbonyl (C=O) groups excluding carboxylic acids is 1. The molecular formula is C31H36F3N3O4. The van der Waals surface area contributed by atoms with Gasteiger partial charge in [0.1, 0.15) is 12.4 Å². The monoisotopic (exact) mass is 571 g/mol. The highest BCUT2D eigenvalue weighted by atomic mass is 19.4. The zero-order chi connectivity index (χ0) is 29.8. The Morgan fingerprint density at radius 3 is 2.44 bits per heavy atom. The summed E-state index contributed by atoms with van der Waals surface area (Å²) in [5.41, 5.74) is -0.387. The average Bonchev–Trinajstić information content (AvgIpc) is 3.39. The molecule has 0 atom stereocenters. The minimum atomic E-state index is -4.49. The van der Waals surface area contributed by atoms with Crippen LogP contribution in [0, 0.1) is 6.92 Å². The van der Waals surface area contributed by atoms with E-state index in [0.29, 0.717) is 24.0 Å². The Kier molecular flexibility index (Phi) is 9.21. The van der Waals surface area contributed by atoms with Gasteiger partial charge in [-0.05, 0) is 56.9 Å². The predicted octanol–water partition coefficient (Wildman–Crippen LogP) is 5.57. The number of rotatable bonds is 10. The van der Waals surface area contributed by atoms with Crippen LogP contribution in [-0.2, 0) is 24.6 Å². The molecule has 1 aliphatic rings. The summed E-state index contributed by atoms with van der Waals surface area (Å²) in [6, 6.07) is 12.9. The predicted molar refractivity (Wildman–Crippen MR) is 149 cm³/mol. The van der Waals surface area contributed by atoms with Gasteiger partial charge in [-0.3, -0.25) is 9.59 Å². The molecule has 4 rings (SSSR count). The van der Waals surface area contributed by atoms with Crippen LogP contribution in [0.25, 0.3) is 0 Å². The number of aromatic nitrogens is 2. The van der Waals surface area contributed by atoms with Crippen molar-refractivity contribution in [2.24, 2.45) is 0 Å². The van der Waals surface area contributed by atoms with Crippen molar-refractivity contribution in [3.05, 3.63) is 92.7 Å². The van der Waals surface area contributed by atoms with Gasteiger partial charge in [-0.1, -0.05) is 54.8 Å². The van der Waals surface area contributed by atoms with Gasteiger partial charge in [0.05, 0.1) is 12.2 Å². The molecule has 0 spiro atoms. The van der Waals surface area contributed by atoms with Gasteiger partial charge in [0.25, 0.3) is 11.5 Å². The molecule has 10 heteroatoms. The lowest BCUT2D eigenvalue weighted by Crippen LogP contribution is -2.40. The van der Waals surface area contributed by atoms with Gasteiger partial charge in [-0.25, -0.2) is 4.98 Å². The molecule has 1 heterocycles. The van der Waals surface area contributed by atoms with Crippen LogP contribution in [0.15, 0.2) is 53.3 Å². The molecule has 1 saturated carbocycles. The van der Waals surface area contributed by atoms with Gasteiger partial charge in [0.15, 0.2) is 5.69 Å². The second-order valence-corrected chi connectivity index (χ2v) is 11.0. The van der Waals surface area contributed by atoms with Gasteiger partial charge < -0.3 is 19.7 Å². The van der Waals surface area contributed by atoms with Crippen molar-refractivity contribution >= 4 is 5.91 Å². The van der Waals surface area contributed by atoms with Crippen molar-refractivity contribution in [3.8, 4) is 5.75 Å². The first-order chi connectivity index (χ1) is 19.4. The van der Waals surface area contributed by atoms with Crippen molar-refractivity contribution < 1.29 is 27.8 Å². The standard InChI is InChI=1S/C31H36F3N3O4/c1-20(2)37(13-14-38)29(40)26-27(41-19-22-9-5-4-6-10-22)28(39)36-25(35-26)18-30(11-7-8-12-30)23-15-21(3)16-24(17-23)31(32,33)34/h4-6,9-10,15-17,20,38H,7-8,11-14,18-19H2,1-3H3,(H,35,36,39). The van der Waals surface area contributed by atoms with Crippen LogP contribution >= 0.6 is 0 Å². The zero-order valence-electron chi connectivity index (χ0n) is 23.6. The maximum atomic E-state index is 13.7. The molecule has 0 saturated heterocycles. The molecule has 0 aliphatic heterocycles. The van der Waals surface area contributed by atoms with Crippen LogP contribution in [-0.4, -0.2) is 45.1 Å². The quantitative estimate of drug-likeness (QED) is 0.332. The van der Waals surface area contributed by atoms with Crippen LogP contribution in [0.5, 0.6) is 5.75 Å². The lowest BCUT2D eigenvalue weighted by molar-refractivity contribution is -0.137. The van der Waals surface area contributed by atoms with E-state index in [1.807, 2.05) is 30.3 Å². The number of carbonyl (C=O) groups is 1. The summed E-state index contributed by atoms with van der Waals surface area (Å²) >= 11 is 0. The van der Waals surface area contributed by atoms with E-state index in [0.717, 1.165) is 24.5 Å². The number of aliphatic hydroxyl groups excluding tert-OH is 1. The molecule has 2 aromatic carbocycles.